The van der Waals surface area contributed by atoms with E-state index in [0.29, 0.717) is 71.7 Å². The molecule has 304 valence electrons. The van der Waals surface area contributed by atoms with Gasteiger partial charge in [0.05, 0.1) is 56.9 Å². The van der Waals surface area contributed by atoms with E-state index in [0.717, 1.165) is 44.5 Å². The van der Waals surface area contributed by atoms with E-state index in [1.165, 1.54) is 0 Å². The van der Waals surface area contributed by atoms with Gasteiger partial charge in [-0.2, -0.15) is 0 Å². The van der Waals surface area contributed by atoms with Crippen LogP contribution in [-0.4, -0.2) is 104 Å². The number of aliphatic hydroxyl groups excluding tert-OH is 4. The molecule has 4 aromatic carbocycles. The topological polar surface area (TPSA) is 155 Å². The highest BCUT2D eigenvalue weighted by molar-refractivity contribution is 5.63. The van der Waals surface area contributed by atoms with Crippen molar-refractivity contribution >= 4 is 0 Å². The van der Waals surface area contributed by atoms with Crippen LogP contribution >= 0.6 is 0 Å². The van der Waals surface area contributed by atoms with Gasteiger partial charge in [0, 0.05) is 119 Å². The SMILES string of the molecule is COc1cc(OC)c2cc1C(CCO)c1cc(c(OC)cc1OC)C(CCO)c1cc(c(OC)cc1OC)C(CCO)c1cc(c(OC)cc1OC)C2CCO. The Morgan fingerprint density at radius 1 is 0.286 bits per heavy atom. The largest absolute Gasteiger partial charge is 0.496 e. The minimum absolute atomic E-state index is 0.155. The second-order valence-electron chi connectivity index (χ2n) is 13.6. The van der Waals surface area contributed by atoms with Crippen molar-refractivity contribution < 1.29 is 58.3 Å². The number of hydrogen-bond acceptors (Lipinski definition) is 12. The normalized spacial score (nSPS) is 17.5. The Kier molecular flexibility index (Phi) is 14.6. The first-order chi connectivity index (χ1) is 27.2. The van der Waals surface area contributed by atoms with Gasteiger partial charge in [-0.15, -0.1) is 0 Å². The number of fused-ring (bicyclic) bond motifs is 8. The third-order valence-corrected chi connectivity index (χ3v) is 11.0. The van der Waals surface area contributed by atoms with Crippen molar-refractivity contribution in [3.8, 4) is 46.0 Å². The average molecular weight is 777 g/mol. The van der Waals surface area contributed by atoms with Gasteiger partial charge in [0.1, 0.15) is 46.0 Å². The van der Waals surface area contributed by atoms with Crippen molar-refractivity contribution in [3.05, 3.63) is 93.0 Å². The molecule has 0 heterocycles. The lowest BCUT2D eigenvalue weighted by molar-refractivity contribution is 0.276. The third-order valence-electron chi connectivity index (χ3n) is 11.0. The second-order valence-corrected chi connectivity index (χ2v) is 13.6. The third kappa shape index (κ3) is 8.02. The van der Waals surface area contributed by atoms with Gasteiger partial charge in [-0.25, -0.2) is 0 Å². The number of hydrogen-bond donors (Lipinski definition) is 4. The van der Waals surface area contributed by atoms with Crippen LogP contribution in [0.25, 0.3) is 0 Å². The molecule has 0 radical (unpaired) electrons. The highest BCUT2D eigenvalue weighted by atomic mass is 16.5. The van der Waals surface area contributed by atoms with Crippen molar-refractivity contribution in [2.24, 2.45) is 0 Å². The molecule has 4 aromatic rings. The minimum Gasteiger partial charge on any atom is -0.496 e. The molecule has 1 aliphatic rings. The highest BCUT2D eigenvalue weighted by Gasteiger charge is 2.34. The van der Waals surface area contributed by atoms with Crippen LogP contribution < -0.4 is 37.9 Å². The van der Waals surface area contributed by atoms with Crippen molar-refractivity contribution in [3.63, 3.8) is 0 Å². The first-order valence-corrected chi connectivity index (χ1v) is 18.7. The Morgan fingerprint density at radius 2 is 0.429 bits per heavy atom. The van der Waals surface area contributed by atoms with Gasteiger partial charge in [0.15, 0.2) is 0 Å². The molecule has 8 bridgehead atoms. The number of aliphatic hydroxyl groups is 4. The van der Waals surface area contributed by atoms with Crippen LogP contribution in [0.1, 0.15) is 93.9 Å². The molecule has 4 N–H and O–H groups in total. The first kappa shape index (κ1) is 42.3. The molecule has 12 heteroatoms. The highest BCUT2D eigenvalue weighted by Crippen LogP contribution is 2.52. The smallest absolute Gasteiger partial charge is 0.126 e. The zero-order valence-electron chi connectivity index (χ0n) is 33.6. The summed E-state index contributed by atoms with van der Waals surface area (Å²) in [6, 6.07) is 15.4. The molecule has 12 nitrogen and oxygen atoms in total. The van der Waals surface area contributed by atoms with Gasteiger partial charge in [-0.1, -0.05) is 0 Å². The van der Waals surface area contributed by atoms with Gasteiger partial charge < -0.3 is 58.3 Å². The maximum Gasteiger partial charge on any atom is 0.126 e. The van der Waals surface area contributed by atoms with E-state index in [1.807, 2.05) is 48.5 Å². The Balaban J connectivity index is 2.07. The van der Waals surface area contributed by atoms with Crippen LogP contribution in [0.3, 0.4) is 0 Å². The molecule has 0 aliphatic heterocycles. The summed E-state index contributed by atoms with van der Waals surface area (Å²) in [7, 11) is 12.7. The lowest BCUT2D eigenvalue weighted by Crippen LogP contribution is -2.16. The first-order valence-electron chi connectivity index (χ1n) is 18.7. The second kappa shape index (κ2) is 19.3. The van der Waals surface area contributed by atoms with Crippen molar-refractivity contribution in [2.45, 2.75) is 49.4 Å². The fraction of sp³-hybridized carbons (Fsp3) is 0.455. The minimum atomic E-state index is -0.466. The van der Waals surface area contributed by atoms with Crippen LogP contribution in [-0.2, 0) is 0 Å². The number of ether oxygens (including phenoxy) is 8. The molecule has 0 spiro atoms. The summed E-state index contributed by atoms with van der Waals surface area (Å²) in [6.07, 6.45) is 1.20. The molecule has 0 aromatic heterocycles. The summed E-state index contributed by atoms with van der Waals surface area (Å²) in [5, 5.41) is 42.6. The maximum absolute atomic E-state index is 10.6. The zero-order chi connectivity index (χ0) is 40.5. The molecule has 0 saturated heterocycles. The van der Waals surface area contributed by atoms with Gasteiger partial charge in [0.2, 0.25) is 0 Å². The average Bonchev–Trinajstić information content (AvgIpc) is 3.23. The lowest BCUT2D eigenvalue weighted by atomic mass is 9.77. The van der Waals surface area contributed by atoms with Crippen LogP contribution in [0.15, 0.2) is 48.5 Å². The molecule has 0 unspecified atom stereocenters. The van der Waals surface area contributed by atoms with E-state index < -0.39 is 23.7 Å². The van der Waals surface area contributed by atoms with E-state index in [2.05, 4.69) is 0 Å². The summed E-state index contributed by atoms with van der Waals surface area (Å²) in [6.45, 7) is -0.621. The van der Waals surface area contributed by atoms with Crippen molar-refractivity contribution in [1.82, 2.24) is 0 Å². The lowest BCUT2D eigenvalue weighted by Gasteiger charge is -2.31. The summed E-state index contributed by atoms with van der Waals surface area (Å²) < 4.78 is 48.3. The maximum atomic E-state index is 10.6. The fourth-order valence-electron chi connectivity index (χ4n) is 8.41. The number of rotatable bonds is 16. The molecular weight excluding hydrogens is 720 g/mol. The van der Waals surface area contributed by atoms with E-state index in [4.69, 9.17) is 37.9 Å². The van der Waals surface area contributed by atoms with Crippen LogP contribution in [0.2, 0.25) is 0 Å². The Hall–Kier alpha value is -4.88. The molecular formula is C44H56O12. The van der Waals surface area contributed by atoms with E-state index in [-0.39, 0.29) is 26.4 Å². The molecule has 5 rings (SSSR count). The van der Waals surface area contributed by atoms with E-state index in [1.54, 1.807) is 56.9 Å². The molecule has 1 aliphatic carbocycles. The standard InChI is InChI=1S/C44H56O12/c1-49-37-21-38(50-2)30-17-29(37)25(9-13-45)31-18-32(40(52-4)22-39(31)51-3)27(11-15-47)35-20-36(44(56-8)24-43(35)55-7)28(12-16-48)34-19-33(26(30)10-14-46)41(53-5)23-42(34)54-6/h17-28,45-48H,9-16H2,1-8H3. The molecule has 0 saturated carbocycles. The zero-order valence-corrected chi connectivity index (χ0v) is 33.6. The van der Waals surface area contributed by atoms with Crippen LogP contribution in [0.4, 0.5) is 0 Å². The van der Waals surface area contributed by atoms with Crippen LogP contribution in [0, 0.1) is 0 Å². The summed E-state index contributed by atoms with van der Waals surface area (Å²) in [5.41, 5.74) is 6.08. The van der Waals surface area contributed by atoms with Crippen molar-refractivity contribution in [1.29, 1.82) is 0 Å². The molecule has 56 heavy (non-hydrogen) atoms. The number of methoxy groups -OCH3 is 8. The van der Waals surface area contributed by atoms with Gasteiger partial charge in [-0.3, -0.25) is 0 Å². The van der Waals surface area contributed by atoms with E-state index in [9.17, 15) is 20.4 Å². The molecule has 0 amide bonds. The summed E-state index contributed by atoms with van der Waals surface area (Å²) >= 11 is 0. The monoisotopic (exact) mass is 776 g/mol. The fourth-order valence-corrected chi connectivity index (χ4v) is 8.41. The predicted molar refractivity (Wildman–Crippen MR) is 212 cm³/mol. The Morgan fingerprint density at radius 3 is 0.536 bits per heavy atom. The Labute approximate surface area is 329 Å². The van der Waals surface area contributed by atoms with Gasteiger partial charge >= 0.3 is 0 Å². The van der Waals surface area contributed by atoms with E-state index >= 15 is 0 Å². The van der Waals surface area contributed by atoms with Gasteiger partial charge in [-0.05, 0) is 49.9 Å². The van der Waals surface area contributed by atoms with Crippen LogP contribution in [0.5, 0.6) is 46.0 Å². The summed E-state index contributed by atoms with van der Waals surface area (Å²) in [4.78, 5) is 0. The molecule has 0 atom stereocenters. The van der Waals surface area contributed by atoms with Gasteiger partial charge in [0.25, 0.3) is 0 Å². The molecule has 0 fully saturated rings. The number of benzene rings is 4. The summed E-state index contributed by atoms with van der Waals surface area (Å²) in [5.74, 6) is 2.41. The predicted octanol–water partition coefficient (Wildman–Crippen LogP) is 6.13. The Bertz CT molecular complexity index is 1560. The van der Waals surface area contributed by atoms with Crippen molar-refractivity contribution in [2.75, 3.05) is 83.3 Å². The quantitative estimate of drug-likeness (QED) is 0.104.